The highest BCUT2D eigenvalue weighted by molar-refractivity contribution is 6.02. The van der Waals surface area contributed by atoms with Crippen LogP contribution in [0.5, 0.6) is 0 Å². The number of alkyl halides is 3. The maximum absolute atomic E-state index is 12.3. The van der Waals surface area contributed by atoms with Crippen molar-refractivity contribution in [3.05, 3.63) is 35.4 Å². The fourth-order valence-electron chi connectivity index (χ4n) is 1.44. The molecule has 0 aliphatic carbocycles. The van der Waals surface area contributed by atoms with Crippen molar-refractivity contribution in [2.75, 3.05) is 0 Å². The molecule has 2 atom stereocenters. The van der Waals surface area contributed by atoms with E-state index in [-0.39, 0.29) is 5.56 Å². The smallest absolute Gasteiger partial charge is 0.381 e. The van der Waals surface area contributed by atoms with Crippen LogP contribution in [0.4, 0.5) is 13.2 Å². The van der Waals surface area contributed by atoms with Crippen LogP contribution in [0.1, 0.15) is 22.8 Å². The second-order valence-corrected chi connectivity index (χ2v) is 4.29. The predicted octanol–water partition coefficient (Wildman–Crippen LogP) is 1.85. The van der Waals surface area contributed by atoms with Gasteiger partial charge in [0.2, 0.25) is 0 Å². The molecule has 1 aromatic rings. The number of ketones is 1. The van der Waals surface area contributed by atoms with Gasteiger partial charge in [-0.15, -0.1) is 0 Å². The molecule has 1 rings (SSSR count). The lowest BCUT2D eigenvalue weighted by atomic mass is 9.89. The average Bonchev–Trinajstić information content (AvgIpc) is 2.27. The van der Waals surface area contributed by atoms with Gasteiger partial charge in [0.25, 0.3) is 0 Å². The van der Waals surface area contributed by atoms with E-state index in [1.165, 1.54) is 24.3 Å². The summed E-state index contributed by atoms with van der Waals surface area (Å²) >= 11 is 0. The highest BCUT2D eigenvalue weighted by Gasteiger charge is 2.53. The Labute approximate surface area is 102 Å². The second-order valence-electron chi connectivity index (χ2n) is 4.29. The molecule has 0 aliphatic rings. The van der Waals surface area contributed by atoms with Crippen LogP contribution in [0, 0.1) is 6.92 Å². The fourth-order valence-corrected chi connectivity index (χ4v) is 1.44. The zero-order valence-electron chi connectivity index (χ0n) is 9.82. The van der Waals surface area contributed by atoms with Gasteiger partial charge in [-0.05, 0) is 13.8 Å². The Bertz CT molecular complexity index is 435. The fraction of sp³-hybridized carbons (Fsp3) is 0.417. The summed E-state index contributed by atoms with van der Waals surface area (Å²) in [5.41, 5.74) is -2.18. The van der Waals surface area contributed by atoms with E-state index in [2.05, 4.69) is 0 Å². The first-order valence-electron chi connectivity index (χ1n) is 5.15. The number of Topliss-reactive ketones (excluding diaryl/α,β-unsaturated/α-hetero) is 1. The van der Waals surface area contributed by atoms with Crippen molar-refractivity contribution in [3.63, 3.8) is 0 Å². The first-order valence-corrected chi connectivity index (χ1v) is 5.15. The van der Waals surface area contributed by atoms with Gasteiger partial charge in [0.05, 0.1) is 0 Å². The first-order chi connectivity index (χ1) is 8.06. The van der Waals surface area contributed by atoms with E-state index in [1.807, 2.05) is 0 Å². The molecule has 0 spiro atoms. The molecule has 6 heteroatoms. The van der Waals surface area contributed by atoms with Crippen molar-refractivity contribution < 1.29 is 28.2 Å². The van der Waals surface area contributed by atoms with Crippen LogP contribution in [0.15, 0.2) is 24.3 Å². The molecule has 0 aromatic heterocycles. The summed E-state index contributed by atoms with van der Waals surface area (Å²) in [6.07, 6.45) is -8.19. The van der Waals surface area contributed by atoms with E-state index in [0.29, 0.717) is 6.92 Å². The standard InChI is InChI=1S/C12H13F3O3/c1-7-3-5-8(6-4-7)9(16)11(2,18)10(17)12(13,14)15/h3-6,10,17-18H,1-2H3. The number of halogens is 3. The van der Waals surface area contributed by atoms with E-state index in [0.717, 1.165) is 5.56 Å². The van der Waals surface area contributed by atoms with Crippen LogP contribution >= 0.6 is 0 Å². The Morgan fingerprint density at radius 2 is 1.67 bits per heavy atom. The number of hydrogen-bond acceptors (Lipinski definition) is 3. The highest BCUT2D eigenvalue weighted by Crippen LogP contribution is 2.30. The molecule has 0 fully saturated rings. The van der Waals surface area contributed by atoms with Crippen LogP contribution in [-0.2, 0) is 0 Å². The molecular formula is C12H13F3O3. The lowest BCUT2D eigenvalue weighted by molar-refractivity contribution is -0.241. The van der Waals surface area contributed by atoms with E-state index >= 15 is 0 Å². The Morgan fingerprint density at radius 3 is 2.06 bits per heavy atom. The van der Waals surface area contributed by atoms with Crippen LogP contribution in [0.3, 0.4) is 0 Å². The van der Waals surface area contributed by atoms with Gasteiger partial charge < -0.3 is 10.2 Å². The quantitative estimate of drug-likeness (QED) is 0.817. The Balaban J connectivity index is 3.05. The van der Waals surface area contributed by atoms with Gasteiger partial charge in [0.1, 0.15) is 0 Å². The van der Waals surface area contributed by atoms with Crippen molar-refractivity contribution in [1.82, 2.24) is 0 Å². The number of rotatable bonds is 3. The van der Waals surface area contributed by atoms with Crippen molar-refractivity contribution in [2.45, 2.75) is 31.7 Å². The van der Waals surface area contributed by atoms with Gasteiger partial charge >= 0.3 is 6.18 Å². The number of carbonyl (C=O) groups is 1. The molecule has 3 nitrogen and oxygen atoms in total. The maximum atomic E-state index is 12.3. The van der Waals surface area contributed by atoms with Crippen molar-refractivity contribution in [1.29, 1.82) is 0 Å². The van der Waals surface area contributed by atoms with E-state index in [1.54, 1.807) is 6.92 Å². The normalized spacial score (nSPS) is 17.1. The van der Waals surface area contributed by atoms with Gasteiger partial charge in [-0.1, -0.05) is 29.8 Å². The summed E-state index contributed by atoms with van der Waals surface area (Å²) in [5.74, 6) is -1.17. The molecule has 0 saturated heterocycles. The largest absolute Gasteiger partial charge is 0.417 e. The molecule has 0 saturated carbocycles. The number of benzene rings is 1. The van der Waals surface area contributed by atoms with Crippen LogP contribution in [0.2, 0.25) is 0 Å². The SMILES string of the molecule is Cc1ccc(C(=O)C(C)(O)C(O)C(F)(F)F)cc1. The average molecular weight is 262 g/mol. The topological polar surface area (TPSA) is 57.5 Å². The summed E-state index contributed by atoms with van der Waals surface area (Å²) in [6.45, 7) is 2.39. The third kappa shape index (κ3) is 2.88. The number of hydrogen-bond donors (Lipinski definition) is 2. The highest BCUT2D eigenvalue weighted by atomic mass is 19.4. The van der Waals surface area contributed by atoms with Gasteiger partial charge in [0, 0.05) is 5.56 Å². The summed E-state index contributed by atoms with van der Waals surface area (Å²) in [5, 5.41) is 18.6. The molecule has 0 radical (unpaired) electrons. The van der Waals surface area contributed by atoms with Gasteiger partial charge in [0.15, 0.2) is 17.5 Å². The summed E-state index contributed by atoms with van der Waals surface area (Å²) < 4.78 is 37.0. The molecule has 2 unspecified atom stereocenters. The number of aliphatic hydroxyl groups excluding tert-OH is 1. The maximum Gasteiger partial charge on any atom is 0.417 e. The zero-order chi connectivity index (χ0) is 14.1. The molecule has 2 N–H and O–H groups in total. The van der Waals surface area contributed by atoms with Crippen molar-refractivity contribution >= 4 is 5.78 Å². The number of carbonyl (C=O) groups excluding carboxylic acids is 1. The Morgan fingerprint density at radius 1 is 1.22 bits per heavy atom. The molecule has 0 bridgehead atoms. The van der Waals surface area contributed by atoms with Crippen LogP contribution in [0.25, 0.3) is 0 Å². The minimum absolute atomic E-state index is 0.0890. The molecule has 0 amide bonds. The molecule has 0 aliphatic heterocycles. The lowest BCUT2D eigenvalue weighted by Gasteiger charge is -2.29. The number of aliphatic hydroxyl groups is 2. The molecular weight excluding hydrogens is 249 g/mol. The van der Waals surface area contributed by atoms with E-state index in [4.69, 9.17) is 5.11 Å². The van der Waals surface area contributed by atoms with E-state index in [9.17, 15) is 23.1 Å². The summed E-state index contributed by atoms with van der Waals surface area (Å²) in [4.78, 5) is 11.8. The minimum atomic E-state index is -5.07. The third-order valence-electron chi connectivity index (χ3n) is 2.62. The zero-order valence-corrected chi connectivity index (χ0v) is 9.82. The van der Waals surface area contributed by atoms with Crippen LogP contribution in [-0.4, -0.2) is 33.9 Å². The summed E-state index contributed by atoms with van der Waals surface area (Å²) in [7, 11) is 0. The molecule has 0 heterocycles. The van der Waals surface area contributed by atoms with E-state index < -0.39 is 23.7 Å². The molecule has 1 aromatic carbocycles. The first kappa shape index (κ1) is 14.7. The third-order valence-corrected chi connectivity index (χ3v) is 2.62. The molecule has 100 valence electrons. The predicted molar refractivity (Wildman–Crippen MR) is 58.2 cm³/mol. The monoisotopic (exact) mass is 262 g/mol. The van der Waals surface area contributed by atoms with Gasteiger partial charge in [-0.3, -0.25) is 4.79 Å². The second kappa shape index (κ2) is 4.70. The lowest BCUT2D eigenvalue weighted by Crippen LogP contribution is -2.54. The van der Waals surface area contributed by atoms with Crippen molar-refractivity contribution in [3.8, 4) is 0 Å². The minimum Gasteiger partial charge on any atom is -0.381 e. The van der Waals surface area contributed by atoms with Crippen molar-refractivity contribution in [2.24, 2.45) is 0 Å². The van der Waals surface area contributed by atoms with Gasteiger partial charge in [-0.2, -0.15) is 13.2 Å². The number of aryl methyl sites for hydroxylation is 1. The molecule has 18 heavy (non-hydrogen) atoms. The van der Waals surface area contributed by atoms with Crippen LogP contribution < -0.4 is 0 Å². The Hall–Kier alpha value is -1.40. The summed E-state index contributed by atoms with van der Waals surface area (Å²) in [6, 6.07) is 5.66. The van der Waals surface area contributed by atoms with Gasteiger partial charge in [-0.25, -0.2) is 0 Å². The Kier molecular flexibility index (Phi) is 3.83.